The SMILES string of the molecule is CCOc1cc(C2/C(=C(\O)c3ccc(Cl)c(Cl)c3)C(=O)C(=O)N2c2ccc(F)c(Cl)c2)ccc1O. The maximum absolute atomic E-state index is 13.8. The smallest absolute Gasteiger partial charge is 0.300 e. The van der Waals surface area contributed by atoms with Gasteiger partial charge < -0.3 is 14.9 Å². The Morgan fingerprint density at radius 2 is 1.74 bits per heavy atom. The standard InChI is InChI=1S/C25H17Cl3FNO5/c1-2-35-20-10-12(4-8-19(20)31)22-21(23(32)13-3-6-15(26)16(27)9-13)24(33)25(34)30(22)14-5-7-18(29)17(28)11-14/h3-11,22,31-32H,2H2,1H3/b23-21+. The van der Waals surface area contributed by atoms with Gasteiger partial charge in [0, 0.05) is 11.3 Å². The first kappa shape index (κ1) is 24.9. The molecule has 0 aliphatic carbocycles. The molecule has 3 aromatic carbocycles. The number of hydrogen-bond donors (Lipinski definition) is 2. The maximum atomic E-state index is 13.8. The highest BCUT2D eigenvalue weighted by Crippen LogP contribution is 2.45. The Hall–Kier alpha value is -3.26. The average Bonchev–Trinajstić information content (AvgIpc) is 3.09. The van der Waals surface area contributed by atoms with Crippen molar-refractivity contribution in [1.29, 1.82) is 0 Å². The number of rotatable bonds is 5. The molecule has 1 atom stereocenters. The lowest BCUT2D eigenvalue weighted by molar-refractivity contribution is -0.132. The van der Waals surface area contributed by atoms with Gasteiger partial charge in [-0.25, -0.2) is 4.39 Å². The zero-order valence-corrected chi connectivity index (χ0v) is 20.3. The fourth-order valence-electron chi connectivity index (χ4n) is 3.82. The van der Waals surface area contributed by atoms with Gasteiger partial charge in [-0.05, 0) is 61.0 Å². The van der Waals surface area contributed by atoms with Crippen molar-refractivity contribution in [3.63, 3.8) is 0 Å². The van der Waals surface area contributed by atoms with Crippen LogP contribution >= 0.6 is 34.8 Å². The minimum absolute atomic E-state index is 0.113. The van der Waals surface area contributed by atoms with Crippen LogP contribution in [0.15, 0.2) is 60.2 Å². The quantitative estimate of drug-likeness (QED) is 0.220. The second kappa shape index (κ2) is 9.77. The molecule has 1 aliphatic heterocycles. The van der Waals surface area contributed by atoms with Crippen LogP contribution in [-0.2, 0) is 9.59 Å². The van der Waals surface area contributed by atoms with Crippen LogP contribution in [0.5, 0.6) is 11.5 Å². The van der Waals surface area contributed by atoms with Gasteiger partial charge in [-0.1, -0.05) is 40.9 Å². The third-order valence-corrected chi connectivity index (χ3v) is 6.45. The zero-order chi connectivity index (χ0) is 25.4. The molecule has 0 spiro atoms. The molecule has 1 aliphatic rings. The molecule has 1 heterocycles. The number of phenolic OH excluding ortho intramolecular Hbond substituents is 1. The number of phenols is 1. The van der Waals surface area contributed by atoms with Gasteiger partial charge in [0.25, 0.3) is 11.7 Å². The molecule has 0 bridgehead atoms. The van der Waals surface area contributed by atoms with Crippen molar-refractivity contribution in [3.05, 3.63) is 92.2 Å². The molecule has 1 saturated heterocycles. The second-order valence-electron chi connectivity index (χ2n) is 7.56. The maximum Gasteiger partial charge on any atom is 0.300 e. The Balaban J connectivity index is 1.98. The van der Waals surface area contributed by atoms with Crippen molar-refractivity contribution in [2.24, 2.45) is 0 Å². The third-order valence-electron chi connectivity index (χ3n) is 5.42. The van der Waals surface area contributed by atoms with Crippen molar-refractivity contribution in [3.8, 4) is 11.5 Å². The summed E-state index contributed by atoms with van der Waals surface area (Å²) in [5.41, 5.74) is 0.376. The monoisotopic (exact) mass is 535 g/mol. The molecular weight excluding hydrogens is 520 g/mol. The molecule has 0 saturated carbocycles. The third kappa shape index (κ3) is 4.55. The fraction of sp³-hybridized carbons (Fsp3) is 0.120. The van der Waals surface area contributed by atoms with Gasteiger partial charge in [-0.2, -0.15) is 0 Å². The van der Waals surface area contributed by atoms with E-state index in [0.29, 0.717) is 5.56 Å². The predicted molar refractivity (Wildman–Crippen MR) is 132 cm³/mol. The van der Waals surface area contributed by atoms with E-state index in [0.717, 1.165) is 11.0 Å². The fourth-order valence-corrected chi connectivity index (χ4v) is 4.29. The topological polar surface area (TPSA) is 87.1 Å². The predicted octanol–water partition coefficient (Wildman–Crippen LogP) is 6.52. The molecule has 0 aromatic heterocycles. The van der Waals surface area contributed by atoms with Crippen LogP contribution in [0.25, 0.3) is 5.76 Å². The van der Waals surface area contributed by atoms with Gasteiger partial charge in [0.2, 0.25) is 0 Å². The summed E-state index contributed by atoms with van der Waals surface area (Å²) >= 11 is 18.0. The molecule has 6 nitrogen and oxygen atoms in total. The lowest BCUT2D eigenvalue weighted by Gasteiger charge is -2.26. The van der Waals surface area contributed by atoms with Crippen LogP contribution in [0.1, 0.15) is 24.1 Å². The number of amides is 1. The highest BCUT2D eigenvalue weighted by Gasteiger charge is 2.47. The van der Waals surface area contributed by atoms with Gasteiger partial charge in [-0.3, -0.25) is 14.5 Å². The summed E-state index contributed by atoms with van der Waals surface area (Å²) in [6, 6.07) is 10.9. The summed E-state index contributed by atoms with van der Waals surface area (Å²) in [5.74, 6) is -3.18. The van der Waals surface area contributed by atoms with Crippen LogP contribution in [0.2, 0.25) is 15.1 Å². The lowest BCUT2D eigenvalue weighted by Crippen LogP contribution is -2.29. The van der Waals surface area contributed by atoms with E-state index in [-0.39, 0.29) is 50.0 Å². The molecular formula is C25H17Cl3FNO5. The van der Waals surface area contributed by atoms with Crippen molar-refractivity contribution >= 4 is 57.9 Å². The van der Waals surface area contributed by atoms with E-state index in [1.165, 1.54) is 48.5 Å². The Labute approximate surface area is 214 Å². The van der Waals surface area contributed by atoms with Crippen LogP contribution < -0.4 is 9.64 Å². The summed E-state index contributed by atoms with van der Waals surface area (Å²) in [6.07, 6.45) is 0. The lowest BCUT2D eigenvalue weighted by atomic mass is 9.94. The molecule has 1 fully saturated rings. The number of halogens is 4. The van der Waals surface area contributed by atoms with E-state index in [2.05, 4.69) is 0 Å². The first-order valence-corrected chi connectivity index (χ1v) is 11.4. The van der Waals surface area contributed by atoms with Gasteiger partial charge in [0.1, 0.15) is 11.6 Å². The molecule has 1 amide bonds. The van der Waals surface area contributed by atoms with Crippen molar-refractivity contribution in [1.82, 2.24) is 0 Å². The van der Waals surface area contributed by atoms with E-state index in [1.807, 2.05) is 0 Å². The van der Waals surface area contributed by atoms with E-state index in [9.17, 15) is 24.2 Å². The molecule has 180 valence electrons. The number of benzene rings is 3. The normalized spacial score (nSPS) is 17.2. The Bertz CT molecular complexity index is 1390. The molecule has 10 heteroatoms. The van der Waals surface area contributed by atoms with Crippen molar-refractivity contribution in [2.45, 2.75) is 13.0 Å². The first-order chi connectivity index (χ1) is 16.6. The number of nitrogens with zero attached hydrogens (tertiary/aromatic N) is 1. The summed E-state index contributed by atoms with van der Waals surface area (Å²) in [5, 5.41) is 21.4. The number of ketones is 1. The second-order valence-corrected chi connectivity index (χ2v) is 8.78. The van der Waals surface area contributed by atoms with Crippen LogP contribution in [0, 0.1) is 5.82 Å². The van der Waals surface area contributed by atoms with E-state index in [1.54, 1.807) is 6.92 Å². The van der Waals surface area contributed by atoms with Gasteiger partial charge in [-0.15, -0.1) is 0 Å². The number of carbonyl (C=O) groups is 2. The first-order valence-electron chi connectivity index (χ1n) is 10.3. The largest absolute Gasteiger partial charge is 0.507 e. The molecule has 35 heavy (non-hydrogen) atoms. The number of Topliss-reactive ketones (excluding diaryl/α,β-unsaturated/α-hetero) is 1. The highest BCUT2D eigenvalue weighted by molar-refractivity contribution is 6.52. The molecule has 2 N–H and O–H groups in total. The Morgan fingerprint density at radius 1 is 1.00 bits per heavy atom. The molecule has 0 radical (unpaired) electrons. The Kier molecular flexibility index (Phi) is 6.94. The van der Waals surface area contributed by atoms with E-state index < -0.39 is 29.3 Å². The minimum Gasteiger partial charge on any atom is -0.507 e. The van der Waals surface area contributed by atoms with Crippen molar-refractivity contribution < 1.29 is 28.9 Å². The number of aliphatic hydroxyl groups excluding tert-OH is 1. The molecule has 4 rings (SSSR count). The van der Waals surface area contributed by atoms with Crippen LogP contribution in [-0.4, -0.2) is 28.5 Å². The molecule has 1 unspecified atom stereocenters. The summed E-state index contributed by atoms with van der Waals surface area (Å²) in [4.78, 5) is 27.5. The minimum atomic E-state index is -1.16. The van der Waals surface area contributed by atoms with Gasteiger partial charge in [0.15, 0.2) is 11.5 Å². The van der Waals surface area contributed by atoms with Crippen molar-refractivity contribution in [2.75, 3.05) is 11.5 Å². The van der Waals surface area contributed by atoms with E-state index in [4.69, 9.17) is 39.5 Å². The number of aliphatic hydroxyl groups is 1. The zero-order valence-electron chi connectivity index (χ0n) is 18.1. The Morgan fingerprint density at radius 3 is 2.40 bits per heavy atom. The van der Waals surface area contributed by atoms with Crippen LogP contribution in [0.4, 0.5) is 10.1 Å². The van der Waals surface area contributed by atoms with Crippen LogP contribution in [0.3, 0.4) is 0 Å². The van der Waals surface area contributed by atoms with E-state index >= 15 is 0 Å². The molecule has 3 aromatic rings. The number of carbonyl (C=O) groups excluding carboxylic acids is 2. The number of anilines is 1. The summed E-state index contributed by atoms with van der Waals surface area (Å²) < 4.78 is 19.3. The number of hydrogen-bond acceptors (Lipinski definition) is 5. The van der Waals surface area contributed by atoms with Gasteiger partial charge >= 0.3 is 0 Å². The average molecular weight is 537 g/mol. The number of aromatic hydroxyl groups is 1. The summed E-state index contributed by atoms with van der Waals surface area (Å²) in [7, 11) is 0. The number of ether oxygens (including phenoxy) is 1. The highest BCUT2D eigenvalue weighted by atomic mass is 35.5. The summed E-state index contributed by atoms with van der Waals surface area (Å²) in [6.45, 7) is 1.97. The van der Waals surface area contributed by atoms with Gasteiger partial charge in [0.05, 0.1) is 33.3 Å².